The van der Waals surface area contributed by atoms with Crippen LogP contribution in [0.4, 0.5) is 0 Å². The molecule has 3 aliphatic heterocycles. The number of piperazine rings is 1. The van der Waals surface area contributed by atoms with Crippen LogP contribution in [-0.2, 0) is 5.41 Å². The van der Waals surface area contributed by atoms with Crippen molar-refractivity contribution < 1.29 is 9.59 Å². The predicted octanol–water partition coefficient (Wildman–Crippen LogP) is 6.09. The van der Waals surface area contributed by atoms with E-state index in [9.17, 15) is 9.59 Å². The van der Waals surface area contributed by atoms with Crippen molar-refractivity contribution >= 4 is 35.0 Å². The van der Waals surface area contributed by atoms with E-state index in [0.29, 0.717) is 22.6 Å². The van der Waals surface area contributed by atoms with E-state index in [4.69, 9.17) is 23.2 Å². The number of hydrogen-bond acceptors (Lipinski definition) is 4. The highest BCUT2D eigenvalue weighted by Gasteiger charge is 2.40. The maximum Gasteiger partial charge on any atom is 0.253 e. The molecule has 8 heteroatoms. The van der Waals surface area contributed by atoms with Gasteiger partial charge in [0.2, 0.25) is 0 Å². The van der Waals surface area contributed by atoms with Crippen molar-refractivity contribution in [3.8, 4) is 0 Å². The second kappa shape index (κ2) is 13.4. The fourth-order valence-corrected chi connectivity index (χ4v) is 7.43. The third-order valence-electron chi connectivity index (χ3n) is 9.62. The smallest absolute Gasteiger partial charge is 0.253 e. The summed E-state index contributed by atoms with van der Waals surface area (Å²) in [6.45, 7) is 8.09. The molecule has 3 fully saturated rings. The molecule has 2 amide bonds. The van der Waals surface area contributed by atoms with E-state index in [1.807, 2.05) is 82.6 Å². The van der Waals surface area contributed by atoms with Gasteiger partial charge in [0.05, 0.1) is 10.0 Å². The van der Waals surface area contributed by atoms with Gasteiger partial charge < -0.3 is 14.7 Å². The lowest BCUT2D eigenvalue weighted by molar-refractivity contribution is 0.00443. The number of benzene rings is 3. The van der Waals surface area contributed by atoms with Crippen molar-refractivity contribution in [2.75, 3.05) is 58.9 Å². The normalized spacial score (nSPS) is 21.9. The van der Waals surface area contributed by atoms with Crippen molar-refractivity contribution in [2.24, 2.45) is 0 Å². The van der Waals surface area contributed by atoms with Crippen LogP contribution in [0.5, 0.6) is 0 Å². The molecule has 0 bridgehead atoms. The molecule has 0 unspecified atom stereocenters. The molecule has 3 heterocycles. The Morgan fingerprint density at radius 2 is 1.37 bits per heavy atom. The average molecular weight is 620 g/mol. The second-order valence-corrected chi connectivity index (χ2v) is 13.1. The molecule has 1 atom stereocenters. The van der Waals surface area contributed by atoms with Crippen LogP contribution in [0.1, 0.15) is 52.0 Å². The molecule has 0 aromatic heterocycles. The summed E-state index contributed by atoms with van der Waals surface area (Å²) in [5, 5.41) is 1.13. The maximum atomic E-state index is 13.4. The first-order chi connectivity index (χ1) is 20.9. The van der Waals surface area contributed by atoms with Gasteiger partial charge in [0.1, 0.15) is 0 Å². The summed E-state index contributed by atoms with van der Waals surface area (Å²) in [7, 11) is 0. The van der Waals surface area contributed by atoms with Gasteiger partial charge in [-0.15, -0.1) is 0 Å². The van der Waals surface area contributed by atoms with E-state index in [-0.39, 0.29) is 17.2 Å². The standard InChI is InChI=1S/C35H40Cl2N4O2/c36-31-14-13-29(23-32(31)37)35(16-8-18-41(26-35)34(43)28-11-5-2-6-12-28)15-7-17-38-24-30(25-38)39-19-21-40(22-20-39)33(42)27-9-3-1-4-10-27/h1-6,9-14,23,30H,7-8,15-22,24-26H2/t35-/m0/s1. The minimum atomic E-state index is -0.150. The van der Waals surface area contributed by atoms with Crippen LogP contribution in [0, 0.1) is 0 Å². The molecule has 0 N–H and O–H groups in total. The van der Waals surface area contributed by atoms with Gasteiger partial charge in [0.25, 0.3) is 11.8 Å². The molecule has 3 aliphatic rings. The van der Waals surface area contributed by atoms with E-state index in [1.165, 1.54) is 5.56 Å². The lowest BCUT2D eigenvalue weighted by Crippen LogP contribution is -2.63. The number of hydrogen-bond donors (Lipinski definition) is 0. The minimum absolute atomic E-state index is 0.0980. The van der Waals surface area contributed by atoms with Gasteiger partial charge in [-0.1, -0.05) is 65.7 Å². The van der Waals surface area contributed by atoms with Crippen molar-refractivity contribution in [3.63, 3.8) is 0 Å². The molecule has 0 radical (unpaired) electrons. The summed E-state index contributed by atoms with van der Waals surface area (Å²) in [6.07, 6.45) is 4.03. The Morgan fingerprint density at radius 3 is 2.00 bits per heavy atom. The first-order valence-corrected chi connectivity index (χ1v) is 16.3. The SMILES string of the molecule is O=C(c1ccccc1)N1CCN(C2CN(CCC[C@]3(c4ccc(Cl)c(Cl)c4)CCCN(C(=O)c4ccccc4)C3)C2)CC1. The number of amides is 2. The maximum absolute atomic E-state index is 13.4. The number of nitrogens with zero attached hydrogens (tertiary/aromatic N) is 4. The Morgan fingerprint density at radius 1 is 0.744 bits per heavy atom. The molecule has 6 nitrogen and oxygen atoms in total. The van der Waals surface area contributed by atoms with E-state index in [0.717, 1.165) is 89.2 Å². The van der Waals surface area contributed by atoms with Crippen LogP contribution in [0.2, 0.25) is 10.0 Å². The topological polar surface area (TPSA) is 47.1 Å². The highest BCUT2D eigenvalue weighted by atomic mass is 35.5. The number of likely N-dealkylation sites (tertiary alicyclic amines) is 2. The molecular weight excluding hydrogens is 579 g/mol. The second-order valence-electron chi connectivity index (χ2n) is 12.3. The summed E-state index contributed by atoms with van der Waals surface area (Å²) in [5.41, 5.74) is 2.54. The van der Waals surface area contributed by atoms with Crippen molar-refractivity contribution in [1.82, 2.24) is 19.6 Å². The number of rotatable bonds is 8. The summed E-state index contributed by atoms with van der Waals surface area (Å²) in [5.74, 6) is 0.235. The van der Waals surface area contributed by atoms with Crippen LogP contribution in [0.3, 0.4) is 0 Å². The Kier molecular flexibility index (Phi) is 9.39. The number of piperidine rings is 1. The molecule has 0 aliphatic carbocycles. The zero-order chi connectivity index (χ0) is 29.8. The first kappa shape index (κ1) is 30.1. The molecule has 3 aromatic carbocycles. The highest BCUT2D eigenvalue weighted by Crippen LogP contribution is 2.41. The summed E-state index contributed by atoms with van der Waals surface area (Å²) in [4.78, 5) is 35.4. The Balaban J connectivity index is 1.03. The van der Waals surface area contributed by atoms with E-state index in [2.05, 4.69) is 15.9 Å². The predicted molar refractivity (Wildman–Crippen MR) is 173 cm³/mol. The molecule has 0 spiro atoms. The number of carbonyl (C=O) groups excluding carboxylic acids is 2. The molecule has 43 heavy (non-hydrogen) atoms. The Labute approximate surface area is 265 Å². The van der Waals surface area contributed by atoms with Gasteiger partial charge in [-0.2, -0.15) is 0 Å². The molecular formula is C35H40Cl2N4O2. The van der Waals surface area contributed by atoms with Gasteiger partial charge in [0.15, 0.2) is 0 Å². The van der Waals surface area contributed by atoms with Gasteiger partial charge in [-0.3, -0.25) is 14.5 Å². The lowest BCUT2D eigenvalue weighted by atomic mass is 9.70. The van der Waals surface area contributed by atoms with Gasteiger partial charge in [-0.25, -0.2) is 0 Å². The van der Waals surface area contributed by atoms with Crippen molar-refractivity contribution in [3.05, 3.63) is 106 Å². The highest BCUT2D eigenvalue weighted by molar-refractivity contribution is 6.42. The molecule has 6 rings (SSSR count). The molecule has 3 aromatic rings. The van der Waals surface area contributed by atoms with Crippen LogP contribution < -0.4 is 0 Å². The van der Waals surface area contributed by atoms with Crippen molar-refractivity contribution in [1.29, 1.82) is 0 Å². The van der Waals surface area contributed by atoms with Crippen molar-refractivity contribution in [2.45, 2.75) is 37.1 Å². The zero-order valence-electron chi connectivity index (χ0n) is 24.6. The quantitative estimate of drug-likeness (QED) is 0.306. The third kappa shape index (κ3) is 6.78. The van der Waals surface area contributed by atoms with Gasteiger partial charge in [0, 0.05) is 74.9 Å². The van der Waals surface area contributed by atoms with Crippen LogP contribution in [-0.4, -0.2) is 96.4 Å². The van der Waals surface area contributed by atoms with Crippen LogP contribution >= 0.6 is 23.2 Å². The van der Waals surface area contributed by atoms with Gasteiger partial charge in [-0.05, 0) is 74.2 Å². The monoisotopic (exact) mass is 618 g/mol. The largest absolute Gasteiger partial charge is 0.338 e. The lowest BCUT2D eigenvalue weighted by Gasteiger charge is -2.49. The number of carbonyl (C=O) groups is 2. The fourth-order valence-electron chi connectivity index (χ4n) is 7.13. The van der Waals surface area contributed by atoms with E-state index in [1.54, 1.807) is 0 Å². The molecule has 0 saturated carbocycles. The van der Waals surface area contributed by atoms with Crippen LogP contribution in [0.25, 0.3) is 0 Å². The summed E-state index contributed by atoms with van der Waals surface area (Å²) < 4.78 is 0. The van der Waals surface area contributed by atoms with Gasteiger partial charge >= 0.3 is 0 Å². The average Bonchev–Trinajstić information content (AvgIpc) is 3.04. The molecule has 226 valence electrons. The Hall–Kier alpha value is -2.90. The van der Waals surface area contributed by atoms with E-state index < -0.39 is 0 Å². The Bertz CT molecular complexity index is 1410. The number of halogens is 2. The van der Waals surface area contributed by atoms with E-state index >= 15 is 0 Å². The first-order valence-electron chi connectivity index (χ1n) is 15.5. The third-order valence-corrected chi connectivity index (χ3v) is 10.4. The molecule has 3 saturated heterocycles. The summed E-state index contributed by atoms with van der Waals surface area (Å²) >= 11 is 12.8. The minimum Gasteiger partial charge on any atom is -0.338 e. The summed E-state index contributed by atoms with van der Waals surface area (Å²) in [6, 6.07) is 25.8. The van der Waals surface area contributed by atoms with Crippen LogP contribution in [0.15, 0.2) is 78.9 Å². The fraction of sp³-hybridized carbons (Fsp3) is 0.429. The zero-order valence-corrected chi connectivity index (χ0v) is 26.1.